The molecule has 0 fully saturated rings. The molecule has 1 amide bonds. The van der Waals surface area contributed by atoms with E-state index in [1.165, 1.54) is 11.1 Å². The number of amides is 1. The van der Waals surface area contributed by atoms with Crippen LogP contribution in [0.1, 0.15) is 50.7 Å². The van der Waals surface area contributed by atoms with E-state index in [0.717, 1.165) is 6.42 Å². The third-order valence-corrected chi connectivity index (χ3v) is 3.57. The van der Waals surface area contributed by atoms with Crippen LogP contribution in [-0.2, 0) is 4.79 Å². The van der Waals surface area contributed by atoms with Gasteiger partial charge >= 0.3 is 0 Å². The van der Waals surface area contributed by atoms with E-state index >= 15 is 0 Å². The maximum Gasteiger partial charge on any atom is 0.258 e. The molecule has 0 aromatic heterocycles. The first-order chi connectivity index (χ1) is 9.97. The van der Waals surface area contributed by atoms with Crippen LogP contribution in [-0.4, -0.2) is 30.3 Å². The number of aryl methyl sites for hydroxylation is 1. The Balaban J connectivity index is 2.51. The Bertz CT molecular complexity index is 457. The van der Waals surface area contributed by atoms with Crippen LogP contribution in [0, 0.1) is 6.92 Å². The van der Waals surface area contributed by atoms with Crippen molar-refractivity contribution >= 4 is 5.91 Å². The lowest BCUT2D eigenvalue weighted by atomic mass is 9.98. The molecule has 0 aliphatic rings. The standard InChI is InChI=1S/C17H27NO3/c1-5-14(8-9-19)18-17(20)11-21-15-6-7-16(12(2)3)13(4)10-15/h6-7,10,12,14,19H,5,8-9,11H2,1-4H3,(H,18,20). The number of aliphatic hydroxyl groups excluding tert-OH is 1. The molecule has 0 aliphatic carbocycles. The number of hydrogen-bond donors (Lipinski definition) is 2. The third-order valence-electron chi connectivity index (χ3n) is 3.57. The maximum absolute atomic E-state index is 11.8. The summed E-state index contributed by atoms with van der Waals surface area (Å²) in [5, 5.41) is 11.8. The largest absolute Gasteiger partial charge is 0.484 e. The normalized spacial score (nSPS) is 12.3. The van der Waals surface area contributed by atoms with Crippen molar-refractivity contribution in [1.82, 2.24) is 5.32 Å². The van der Waals surface area contributed by atoms with E-state index in [0.29, 0.717) is 18.1 Å². The summed E-state index contributed by atoms with van der Waals surface area (Å²) in [7, 11) is 0. The SMILES string of the molecule is CCC(CCO)NC(=O)COc1ccc(C(C)C)c(C)c1. The summed E-state index contributed by atoms with van der Waals surface area (Å²) in [4.78, 5) is 11.8. The van der Waals surface area contributed by atoms with Crippen molar-refractivity contribution in [1.29, 1.82) is 0 Å². The molecule has 4 heteroatoms. The first-order valence-corrected chi connectivity index (χ1v) is 7.61. The number of aliphatic hydroxyl groups is 1. The first kappa shape index (κ1) is 17.5. The second-order valence-electron chi connectivity index (χ2n) is 5.65. The highest BCUT2D eigenvalue weighted by atomic mass is 16.5. The molecule has 0 radical (unpaired) electrons. The molecule has 118 valence electrons. The number of carbonyl (C=O) groups excluding carboxylic acids is 1. The van der Waals surface area contributed by atoms with Crippen molar-refractivity contribution < 1.29 is 14.6 Å². The maximum atomic E-state index is 11.8. The molecule has 0 heterocycles. The van der Waals surface area contributed by atoms with Crippen molar-refractivity contribution in [3.63, 3.8) is 0 Å². The van der Waals surface area contributed by atoms with Crippen LogP contribution >= 0.6 is 0 Å². The first-order valence-electron chi connectivity index (χ1n) is 7.61. The van der Waals surface area contributed by atoms with Gasteiger partial charge in [-0.05, 0) is 48.9 Å². The number of benzene rings is 1. The van der Waals surface area contributed by atoms with Crippen molar-refractivity contribution in [3.05, 3.63) is 29.3 Å². The molecule has 1 unspecified atom stereocenters. The van der Waals surface area contributed by atoms with Crippen LogP contribution in [0.5, 0.6) is 5.75 Å². The molecule has 1 rings (SSSR count). The Hall–Kier alpha value is -1.55. The van der Waals surface area contributed by atoms with Gasteiger partial charge in [0.1, 0.15) is 5.75 Å². The fraction of sp³-hybridized carbons (Fsp3) is 0.588. The fourth-order valence-electron chi connectivity index (χ4n) is 2.34. The molecule has 0 spiro atoms. The van der Waals surface area contributed by atoms with Gasteiger partial charge in [0.15, 0.2) is 6.61 Å². The van der Waals surface area contributed by atoms with Crippen LogP contribution in [0.25, 0.3) is 0 Å². The monoisotopic (exact) mass is 293 g/mol. The Kier molecular flexibility index (Phi) is 7.23. The van der Waals surface area contributed by atoms with Gasteiger partial charge in [0.05, 0.1) is 0 Å². The zero-order valence-corrected chi connectivity index (χ0v) is 13.5. The Morgan fingerprint density at radius 2 is 2.10 bits per heavy atom. The average molecular weight is 293 g/mol. The van der Waals surface area contributed by atoms with Crippen molar-refractivity contribution in [2.45, 2.75) is 52.5 Å². The minimum absolute atomic E-state index is 0.00237. The molecule has 21 heavy (non-hydrogen) atoms. The van der Waals surface area contributed by atoms with Gasteiger partial charge in [0, 0.05) is 12.6 Å². The lowest BCUT2D eigenvalue weighted by Gasteiger charge is -2.16. The van der Waals surface area contributed by atoms with E-state index in [1.807, 2.05) is 25.1 Å². The zero-order valence-electron chi connectivity index (χ0n) is 13.5. The summed E-state index contributed by atoms with van der Waals surface area (Å²) in [6.07, 6.45) is 1.37. The highest BCUT2D eigenvalue weighted by Gasteiger charge is 2.11. The minimum Gasteiger partial charge on any atom is -0.484 e. The van der Waals surface area contributed by atoms with Gasteiger partial charge in [0.2, 0.25) is 0 Å². The van der Waals surface area contributed by atoms with Gasteiger partial charge in [-0.25, -0.2) is 0 Å². The van der Waals surface area contributed by atoms with Crippen molar-refractivity contribution in [3.8, 4) is 5.75 Å². The number of rotatable bonds is 8. The van der Waals surface area contributed by atoms with Gasteiger partial charge in [0.25, 0.3) is 5.91 Å². The Morgan fingerprint density at radius 1 is 1.38 bits per heavy atom. The summed E-state index contributed by atoms with van der Waals surface area (Å²) in [5.74, 6) is 1.04. The van der Waals surface area contributed by atoms with Crippen LogP contribution < -0.4 is 10.1 Å². The van der Waals surface area contributed by atoms with Crippen molar-refractivity contribution in [2.24, 2.45) is 0 Å². The smallest absolute Gasteiger partial charge is 0.258 e. The topological polar surface area (TPSA) is 58.6 Å². The molecule has 0 bridgehead atoms. The van der Waals surface area contributed by atoms with E-state index in [2.05, 4.69) is 26.1 Å². The summed E-state index contributed by atoms with van der Waals surface area (Å²) >= 11 is 0. The van der Waals surface area contributed by atoms with Gasteiger partial charge < -0.3 is 15.2 Å². The quantitative estimate of drug-likeness (QED) is 0.775. The molecule has 0 aliphatic heterocycles. The number of ether oxygens (including phenoxy) is 1. The predicted octanol–water partition coefficient (Wildman–Crippen LogP) is 2.77. The van der Waals surface area contributed by atoms with E-state index in [-0.39, 0.29) is 25.2 Å². The van der Waals surface area contributed by atoms with Crippen LogP contribution in [0.15, 0.2) is 18.2 Å². The van der Waals surface area contributed by atoms with Crippen LogP contribution in [0.2, 0.25) is 0 Å². The molecule has 4 nitrogen and oxygen atoms in total. The second-order valence-corrected chi connectivity index (χ2v) is 5.65. The van der Waals surface area contributed by atoms with E-state index in [9.17, 15) is 4.79 Å². The minimum atomic E-state index is -0.152. The number of carbonyl (C=O) groups is 1. The Labute approximate surface area is 127 Å². The summed E-state index contributed by atoms with van der Waals surface area (Å²) in [5.41, 5.74) is 2.47. The predicted molar refractivity (Wildman–Crippen MR) is 84.7 cm³/mol. The number of hydrogen-bond acceptors (Lipinski definition) is 3. The van der Waals surface area contributed by atoms with Gasteiger partial charge in [-0.3, -0.25) is 4.79 Å². The molecule has 2 N–H and O–H groups in total. The molecule has 1 aromatic rings. The van der Waals surface area contributed by atoms with E-state index < -0.39 is 0 Å². The lowest BCUT2D eigenvalue weighted by molar-refractivity contribution is -0.123. The third kappa shape index (κ3) is 5.76. The van der Waals surface area contributed by atoms with E-state index in [1.54, 1.807) is 0 Å². The molecule has 1 aromatic carbocycles. The highest BCUT2D eigenvalue weighted by molar-refractivity contribution is 5.77. The highest BCUT2D eigenvalue weighted by Crippen LogP contribution is 2.23. The van der Waals surface area contributed by atoms with Gasteiger partial charge in [-0.15, -0.1) is 0 Å². The zero-order chi connectivity index (χ0) is 15.8. The molecule has 0 saturated carbocycles. The van der Waals surface area contributed by atoms with Crippen molar-refractivity contribution in [2.75, 3.05) is 13.2 Å². The molecular weight excluding hydrogens is 266 g/mol. The summed E-state index contributed by atoms with van der Waals surface area (Å²) in [6, 6.07) is 5.93. The average Bonchev–Trinajstić information content (AvgIpc) is 2.44. The molecule has 0 saturated heterocycles. The summed E-state index contributed by atoms with van der Waals surface area (Å²) in [6.45, 7) is 8.43. The molecule has 1 atom stereocenters. The fourth-order valence-corrected chi connectivity index (χ4v) is 2.34. The van der Waals surface area contributed by atoms with E-state index in [4.69, 9.17) is 9.84 Å². The lowest BCUT2D eigenvalue weighted by Crippen LogP contribution is -2.38. The van der Waals surface area contributed by atoms with Crippen LogP contribution in [0.4, 0.5) is 0 Å². The van der Waals surface area contributed by atoms with Gasteiger partial charge in [-0.2, -0.15) is 0 Å². The summed E-state index contributed by atoms with van der Waals surface area (Å²) < 4.78 is 5.53. The van der Waals surface area contributed by atoms with Gasteiger partial charge in [-0.1, -0.05) is 26.8 Å². The Morgan fingerprint density at radius 3 is 2.62 bits per heavy atom. The second kappa shape index (κ2) is 8.67. The number of nitrogens with one attached hydrogen (secondary N) is 1. The molecular formula is C17H27NO3. The van der Waals surface area contributed by atoms with Crippen LogP contribution in [0.3, 0.4) is 0 Å².